The van der Waals surface area contributed by atoms with Crippen LogP contribution in [-0.2, 0) is 27.9 Å². The zero-order valence-corrected chi connectivity index (χ0v) is 36.0. The maximum absolute atomic E-state index is 13.0. The third-order valence-electron chi connectivity index (χ3n) is 14.7. The van der Waals surface area contributed by atoms with Crippen LogP contribution in [0.5, 0.6) is 0 Å². The van der Waals surface area contributed by atoms with E-state index in [0.717, 1.165) is 106 Å². The fourth-order valence-corrected chi connectivity index (χ4v) is 12.7. The molecule has 1 amide bonds. The zero-order valence-electron chi connectivity index (χ0n) is 35.1. The minimum absolute atomic E-state index is 0.00635. The average Bonchev–Trinajstić information content (AvgIpc) is 3.74. The number of aliphatic hydroxyl groups excluding tert-OH is 1. The largest absolute Gasteiger partial charge is 0.462 e. The van der Waals surface area contributed by atoms with Gasteiger partial charge in [-0.15, -0.1) is 0 Å². The molecule has 0 bridgehead atoms. The van der Waals surface area contributed by atoms with E-state index in [1.54, 1.807) is 10.5 Å². The number of β-amino-alcohol motifs (C(OH)–C–C–N with tert-alkyl or cyclic N) is 1. The first kappa shape index (κ1) is 43.9. The van der Waals surface area contributed by atoms with Crippen LogP contribution in [0.3, 0.4) is 0 Å². The summed E-state index contributed by atoms with van der Waals surface area (Å²) in [5, 5.41) is 10.3. The maximum Gasteiger partial charge on any atom is 0.327 e. The molecule has 0 aromatic carbocycles. The fraction of sp³-hybridized carbons (Fsp3) is 0.911. The van der Waals surface area contributed by atoms with Crippen LogP contribution in [-0.4, -0.2) is 66.6 Å². The van der Waals surface area contributed by atoms with Gasteiger partial charge in [-0.1, -0.05) is 91.2 Å². The van der Waals surface area contributed by atoms with E-state index in [0.29, 0.717) is 25.9 Å². The molecule has 4 fully saturated rings. The standard InChI is InChI=1S/C45H78NO7P/c1-7-8-13-27-51-54(6,50)52-31-35-29-36(47)30-46(35)43(48)17-11-9-10-12-18-44(49)53-37-25-26-45(5)34(28-37)19-20-41-40-22-21-38(39(40)23-24-42(41)45)33(4)16-14-15-32(2)3/h19,32-33,35-42,47H,7-18,20-31H2,1-6H3/t33-,35?,36-,37+,38-,39?,40-,41+,42+,45+,54?/m1/s1. The van der Waals surface area contributed by atoms with Gasteiger partial charge in [0.25, 0.3) is 0 Å². The highest BCUT2D eigenvalue weighted by Crippen LogP contribution is 2.63. The molecule has 54 heavy (non-hydrogen) atoms. The number of likely N-dealkylation sites (tertiary alicyclic amines) is 1. The number of aliphatic hydroxyl groups is 1. The van der Waals surface area contributed by atoms with Crippen LogP contribution >= 0.6 is 7.60 Å². The van der Waals surface area contributed by atoms with Crippen LogP contribution in [0.15, 0.2) is 11.6 Å². The molecule has 11 atom stereocenters. The number of unbranched alkanes of at least 4 members (excludes halogenated alkanes) is 5. The Morgan fingerprint density at radius 3 is 2.44 bits per heavy atom. The lowest BCUT2D eigenvalue weighted by molar-refractivity contribution is -0.151. The number of nitrogens with zero attached hydrogens (tertiary/aromatic N) is 1. The Hall–Kier alpha value is -1.21. The second-order valence-electron chi connectivity index (χ2n) is 19.1. The number of allylic oxidation sites excluding steroid dienone is 1. The first-order valence-corrected chi connectivity index (χ1v) is 24.5. The molecule has 310 valence electrons. The van der Waals surface area contributed by atoms with Gasteiger partial charge in [0.2, 0.25) is 5.91 Å². The van der Waals surface area contributed by atoms with Crippen LogP contribution in [0, 0.1) is 46.8 Å². The van der Waals surface area contributed by atoms with Gasteiger partial charge >= 0.3 is 13.6 Å². The summed E-state index contributed by atoms with van der Waals surface area (Å²) >= 11 is 0. The molecular formula is C45H78NO7P. The summed E-state index contributed by atoms with van der Waals surface area (Å²) in [6.45, 7) is 14.2. The van der Waals surface area contributed by atoms with Gasteiger partial charge in [-0.3, -0.25) is 14.2 Å². The van der Waals surface area contributed by atoms with Gasteiger partial charge in [0.1, 0.15) is 6.10 Å². The second-order valence-corrected chi connectivity index (χ2v) is 21.1. The van der Waals surface area contributed by atoms with E-state index in [-0.39, 0.29) is 42.6 Å². The Kier molecular flexibility index (Phi) is 16.6. The molecule has 1 saturated heterocycles. The summed E-state index contributed by atoms with van der Waals surface area (Å²) < 4.78 is 29.9. The van der Waals surface area contributed by atoms with E-state index >= 15 is 0 Å². The number of hydrogen-bond donors (Lipinski definition) is 1. The lowest BCUT2D eigenvalue weighted by atomic mass is 9.50. The summed E-state index contributed by atoms with van der Waals surface area (Å²) in [5.74, 6) is 6.03. The van der Waals surface area contributed by atoms with Crippen LogP contribution in [0.4, 0.5) is 0 Å². The molecule has 0 aromatic rings. The van der Waals surface area contributed by atoms with Gasteiger partial charge in [0.05, 0.1) is 25.4 Å². The molecule has 3 unspecified atom stereocenters. The highest BCUT2D eigenvalue weighted by molar-refractivity contribution is 7.52. The minimum atomic E-state index is -3.20. The minimum Gasteiger partial charge on any atom is -0.462 e. The summed E-state index contributed by atoms with van der Waals surface area (Å²) in [6.07, 6.45) is 23.5. The Balaban J connectivity index is 0.975. The quantitative estimate of drug-likeness (QED) is 0.0536. The molecule has 0 radical (unpaired) electrons. The first-order chi connectivity index (χ1) is 25.8. The number of ether oxygens (including phenoxy) is 1. The smallest absolute Gasteiger partial charge is 0.327 e. The van der Waals surface area contributed by atoms with Crippen molar-refractivity contribution in [3.05, 3.63) is 11.6 Å². The molecule has 1 N–H and O–H groups in total. The predicted octanol–water partition coefficient (Wildman–Crippen LogP) is 10.9. The molecule has 1 heterocycles. The molecule has 9 heteroatoms. The predicted molar refractivity (Wildman–Crippen MR) is 217 cm³/mol. The van der Waals surface area contributed by atoms with E-state index in [4.69, 9.17) is 13.8 Å². The summed E-state index contributed by atoms with van der Waals surface area (Å²) in [5.41, 5.74) is 1.85. The van der Waals surface area contributed by atoms with Crippen LogP contribution in [0.1, 0.15) is 169 Å². The average molecular weight is 776 g/mol. The number of rotatable bonds is 21. The Morgan fingerprint density at radius 2 is 1.69 bits per heavy atom. The van der Waals surface area contributed by atoms with Crippen molar-refractivity contribution < 1.29 is 33.0 Å². The number of hydrogen-bond acceptors (Lipinski definition) is 7. The van der Waals surface area contributed by atoms with E-state index in [2.05, 4.69) is 40.7 Å². The number of esters is 1. The molecular weight excluding hydrogens is 697 g/mol. The van der Waals surface area contributed by atoms with Gasteiger partial charge in [0.15, 0.2) is 0 Å². The molecule has 8 nitrogen and oxygen atoms in total. The van der Waals surface area contributed by atoms with Crippen LogP contribution in [0.25, 0.3) is 0 Å². The van der Waals surface area contributed by atoms with Crippen LogP contribution < -0.4 is 0 Å². The number of fused-ring (bicyclic) bond motifs is 5. The normalized spacial score (nSPS) is 33.8. The number of carbonyl (C=O) groups is 2. The van der Waals surface area contributed by atoms with Gasteiger partial charge in [0, 0.05) is 32.5 Å². The fourth-order valence-electron chi connectivity index (χ4n) is 11.7. The third kappa shape index (κ3) is 11.7. The van der Waals surface area contributed by atoms with Crippen molar-refractivity contribution in [3.8, 4) is 0 Å². The Morgan fingerprint density at radius 1 is 0.926 bits per heavy atom. The van der Waals surface area contributed by atoms with Crippen molar-refractivity contribution in [3.63, 3.8) is 0 Å². The highest BCUT2D eigenvalue weighted by atomic mass is 31.2. The SMILES string of the molecule is CCCCCOP(C)(=O)OCC1C[C@@H](O)CN1C(=O)CCCCCCC(=O)O[C@H]1CC[C@@]2(C)C(=CC[C@H]3[C@@H]4CC[C@H]([C@H](C)CCCC(C)C)C4CC[C@@H]32)C1. The molecule has 5 aliphatic rings. The van der Waals surface area contributed by atoms with Crippen molar-refractivity contribution in [2.45, 2.75) is 188 Å². The van der Waals surface area contributed by atoms with E-state index in [9.17, 15) is 19.3 Å². The third-order valence-corrected chi connectivity index (χ3v) is 16.0. The van der Waals surface area contributed by atoms with Crippen LogP contribution in [0.2, 0.25) is 0 Å². The summed E-state index contributed by atoms with van der Waals surface area (Å²) in [4.78, 5) is 27.7. The van der Waals surface area contributed by atoms with Gasteiger partial charge < -0.3 is 23.8 Å². The van der Waals surface area contributed by atoms with Gasteiger partial charge in [-0.2, -0.15) is 0 Å². The first-order valence-electron chi connectivity index (χ1n) is 22.5. The summed E-state index contributed by atoms with van der Waals surface area (Å²) in [7, 11) is -3.20. The molecule has 3 saturated carbocycles. The second kappa shape index (κ2) is 20.5. The Labute approximate surface area is 329 Å². The van der Waals surface area contributed by atoms with E-state index < -0.39 is 13.7 Å². The highest BCUT2D eigenvalue weighted by Gasteiger charge is 2.54. The zero-order chi connectivity index (χ0) is 38.9. The van der Waals surface area contributed by atoms with Gasteiger partial charge in [-0.05, 0) is 117 Å². The lowest BCUT2D eigenvalue weighted by Crippen LogP contribution is -2.48. The molecule has 0 spiro atoms. The Bertz CT molecular complexity index is 1290. The van der Waals surface area contributed by atoms with Crippen molar-refractivity contribution in [2.24, 2.45) is 46.8 Å². The number of amides is 1. The van der Waals surface area contributed by atoms with Crippen molar-refractivity contribution in [2.75, 3.05) is 26.4 Å². The maximum atomic E-state index is 13.0. The summed E-state index contributed by atoms with van der Waals surface area (Å²) in [6, 6.07) is -0.300. The lowest BCUT2D eigenvalue weighted by Gasteiger charge is -2.55. The molecule has 4 aliphatic carbocycles. The topological polar surface area (TPSA) is 102 Å². The van der Waals surface area contributed by atoms with E-state index in [1.807, 2.05) is 0 Å². The number of carbonyl (C=O) groups excluding carboxylic acids is 2. The molecule has 5 rings (SSSR count). The van der Waals surface area contributed by atoms with Gasteiger partial charge in [-0.25, -0.2) is 0 Å². The monoisotopic (exact) mass is 776 g/mol. The van der Waals surface area contributed by atoms with Crippen molar-refractivity contribution in [1.29, 1.82) is 0 Å². The van der Waals surface area contributed by atoms with Crippen molar-refractivity contribution in [1.82, 2.24) is 4.90 Å². The molecule has 0 aromatic heterocycles. The molecule has 1 aliphatic heterocycles. The van der Waals surface area contributed by atoms with Crippen molar-refractivity contribution >= 4 is 19.5 Å². The van der Waals surface area contributed by atoms with E-state index in [1.165, 1.54) is 58.0 Å².